The smallest absolute Gasteiger partial charge is 0.234 e. The number of ether oxygens (including phenoxy) is 2. The predicted octanol–water partition coefficient (Wildman–Crippen LogP) is 4.46. The molecule has 2 heterocycles. The third kappa shape index (κ3) is 3.87. The minimum Gasteiger partial charge on any atom is -0.486 e. The van der Waals surface area contributed by atoms with Gasteiger partial charge in [0.05, 0.1) is 4.90 Å². The van der Waals surface area contributed by atoms with Gasteiger partial charge < -0.3 is 19.2 Å². The Kier molecular flexibility index (Phi) is 5.42. The fourth-order valence-corrected chi connectivity index (χ4v) is 4.39. The molecule has 0 saturated heterocycles. The molecule has 0 aliphatic carbocycles. The Balaban J connectivity index is 1.81. The first-order valence-electron chi connectivity index (χ1n) is 9.87. The third-order valence-corrected chi connectivity index (χ3v) is 6.59. The Morgan fingerprint density at radius 2 is 1.87 bits per heavy atom. The van der Waals surface area contributed by atoms with E-state index in [1.54, 1.807) is 6.07 Å². The van der Waals surface area contributed by atoms with Crippen LogP contribution in [-0.2, 0) is 9.84 Å². The molecule has 1 aliphatic rings. The van der Waals surface area contributed by atoms with Crippen LogP contribution in [0.15, 0.2) is 56.8 Å². The highest BCUT2D eigenvalue weighted by molar-refractivity contribution is 7.91. The molecule has 158 valence electrons. The molecule has 8 heteroatoms. The second-order valence-electron chi connectivity index (χ2n) is 7.29. The molecule has 30 heavy (non-hydrogen) atoms. The first-order valence-corrected chi connectivity index (χ1v) is 11.4. The summed E-state index contributed by atoms with van der Waals surface area (Å²) in [5.41, 5.74) is 1.74. The number of nitrogens with one attached hydrogen (secondary N) is 1. The Bertz CT molecular complexity index is 1170. The van der Waals surface area contributed by atoms with E-state index in [4.69, 9.17) is 13.9 Å². The van der Waals surface area contributed by atoms with E-state index in [9.17, 15) is 8.42 Å². The Morgan fingerprint density at radius 1 is 1.10 bits per heavy atom. The van der Waals surface area contributed by atoms with E-state index in [2.05, 4.69) is 10.3 Å². The number of hydrogen-bond donors (Lipinski definition) is 1. The van der Waals surface area contributed by atoms with Crippen molar-refractivity contribution in [3.63, 3.8) is 0 Å². The van der Waals surface area contributed by atoms with Gasteiger partial charge in [0.25, 0.3) is 0 Å². The van der Waals surface area contributed by atoms with Crippen LogP contribution in [0.25, 0.3) is 11.5 Å². The maximum absolute atomic E-state index is 13.5. The number of aromatic nitrogens is 1. The van der Waals surface area contributed by atoms with Crippen molar-refractivity contribution in [2.45, 2.75) is 43.2 Å². The van der Waals surface area contributed by atoms with Crippen LogP contribution in [0.5, 0.6) is 11.5 Å². The zero-order valence-electron chi connectivity index (χ0n) is 17.1. The molecule has 3 aromatic rings. The molecule has 0 saturated carbocycles. The topological polar surface area (TPSA) is 90.7 Å². The maximum Gasteiger partial charge on any atom is 0.234 e. The average molecular weight is 429 g/mol. The predicted molar refractivity (Wildman–Crippen MR) is 113 cm³/mol. The van der Waals surface area contributed by atoms with Gasteiger partial charge in [0.15, 0.2) is 11.5 Å². The number of nitrogens with zero attached hydrogens (tertiary/aromatic N) is 1. The summed E-state index contributed by atoms with van der Waals surface area (Å²) in [5.74, 6) is 1.32. The van der Waals surface area contributed by atoms with Crippen molar-refractivity contribution in [1.82, 2.24) is 4.98 Å². The zero-order chi connectivity index (χ0) is 21.3. The minimum atomic E-state index is -3.96. The van der Waals surface area contributed by atoms with Crippen molar-refractivity contribution in [1.29, 1.82) is 0 Å². The van der Waals surface area contributed by atoms with Crippen molar-refractivity contribution < 1.29 is 22.3 Å². The van der Waals surface area contributed by atoms with Crippen molar-refractivity contribution in [2.75, 3.05) is 18.5 Å². The van der Waals surface area contributed by atoms with Crippen LogP contribution in [0.3, 0.4) is 0 Å². The molecule has 7 nitrogen and oxygen atoms in total. The summed E-state index contributed by atoms with van der Waals surface area (Å²) in [6, 6.07) is 12.2. The number of benzene rings is 2. The van der Waals surface area contributed by atoms with E-state index in [1.807, 2.05) is 45.0 Å². The molecular weight excluding hydrogens is 404 g/mol. The quantitative estimate of drug-likeness (QED) is 0.620. The molecule has 0 radical (unpaired) electrons. The highest BCUT2D eigenvalue weighted by Gasteiger charge is 2.30. The van der Waals surface area contributed by atoms with Crippen molar-refractivity contribution >= 4 is 15.7 Å². The van der Waals surface area contributed by atoms with Crippen LogP contribution < -0.4 is 14.8 Å². The van der Waals surface area contributed by atoms with Crippen LogP contribution in [0.1, 0.15) is 25.8 Å². The van der Waals surface area contributed by atoms with Crippen LogP contribution in [0.4, 0.5) is 5.88 Å². The lowest BCUT2D eigenvalue weighted by molar-refractivity contribution is 0.171. The fourth-order valence-electron chi connectivity index (χ4n) is 3.11. The molecule has 1 unspecified atom stereocenters. The van der Waals surface area contributed by atoms with Gasteiger partial charge in [0.1, 0.15) is 13.2 Å². The minimum absolute atomic E-state index is 0.0116. The molecule has 2 aromatic carbocycles. The van der Waals surface area contributed by atoms with Crippen molar-refractivity contribution in [2.24, 2.45) is 0 Å². The monoisotopic (exact) mass is 428 g/mol. The highest BCUT2D eigenvalue weighted by Crippen LogP contribution is 2.37. The second-order valence-corrected chi connectivity index (χ2v) is 9.15. The lowest BCUT2D eigenvalue weighted by Gasteiger charge is -2.18. The Morgan fingerprint density at radius 3 is 2.60 bits per heavy atom. The molecular formula is C22H24N2O5S. The Labute approximate surface area is 176 Å². The van der Waals surface area contributed by atoms with E-state index < -0.39 is 9.84 Å². The van der Waals surface area contributed by atoms with Crippen LogP contribution in [-0.4, -0.2) is 32.7 Å². The molecule has 1 aromatic heterocycles. The van der Waals surface area contributed by atoms with E-state index in [-0.39, 0.29) is 27.7 Å². The summed E-state index contributed by atoms with van der Waals surface area (Å²) in [7, 11) is -3.96. The van der Waals surface area contributed by atoms with Crippen LogP contribution in [0, 0.1) is 6.92 Å². The lowest BCUT2D eigenvalue weighted by atomic mass is 10.1. The zero-order valence-corrected chi connectivity index (χ0v) is 18.0. The molecule has 0 amide bonds. The number of hydrogen-bond acceptors (Lipinski definition) is 7. The SMILES string of the molecule is CCC(C)Nc1oc(-c2cccc(C)c2)nc1S(=O)(=O)c1ccc2c(c1)OCCO2. The van der Waals surface area contributed by atoms with Crippen LogP contribution >= 0.6 is 0 Å². The molecule has 1 N–H and O–H groups in total. The summed E-state index contributed by atoms with van der Waals surface area (Å²) in [6.45, 7) is 6.72. The summed E-state index contributed by atoms with van der Waals surface area (Å²) >= 11 is 0. The number of oxazole rings is 1. The molecule has 4 rings (SSSR count). The Hall–Kier alpha value is -3.00. The number of fused-ring (bicyclic) bond motifs is 1. The van der Waals surface area contributed by atoms with Gasteiger partial charge in [-0.05, 0) is 44.5 Å². The number of rotatable bonds is 6. The largest absolute Gasteiger partial charge is 0.486 e. The second kappa shape index (κ2) is 8.02. The van der Waals surface area contributed by atoms with E-state index in [0.717, 1.165) is 12.0 Å². The van der Waals surface area contributed by atoms with Crippen molar-refractivity contribution in [3.8, 4) is 23.0 Å². The van der Waals surface area contributed by atoms with Gasteiger partial charge in [0, 0.05) is 17.7 Å². The van der Waals surface area contributed by atoms with Gasteiger partial charge in [-0.1, -0.05) is 24.6 Å². The van der Waals surface area contributed by atoms with Crippen LogP contribution in [0.2, 0.25) is 0 Å². The first kappa shape index (κ1) is 20.3. The van der Waals surface area contributed by atoms with E-state index in [0.29, 0.717) is 30.3 Å². The summed E-state index contributed by atoms with van der Waals surface area (Å²) < 4.78 is 43.9. The number of anilines is 1. The third-order valence-electron chi connectivity index (χ3n) is 4.93. The molecule has 1 aliphatic heterocycles. The number of aryl methyl sites for hydroxylation is 1. The molecule has 0 fully saturated rings. The van der Waals surface area contributed by atoms with Gasteiger partial charge in [-0.25, -0.2) is 8.42 Å². The highest BCUT2D eigenvalue weighted by atomic mass is 32.2. The number of sulfone groups is 1. The van der Waals surface area contributed by atoms with Gasteiger partial charge in [-0.2, -0.15) is 4.98 Å². The summed E-state index contributed by atoms with van der Waals surface area (Å²) in [4.78, 5) is 4.45. The van der Waals surface area contributed by atoms with Gasteiger partial charge in [-0.3, -0.25) is 0 Å². The summed E-state index contributed by atoms with van der Waals surface area (Å²) in [6.07, 6.45) is 0.796. The maximum atomic E-state index is 13.5. The lowest BCUT2D eigenvalue weighted by Crippen LogP contribution is -2.17. The van der Waals surface area contributed by atoms with Gasteiger partial charge in [-0.15, -0.1) is 0 Å². The van der Waals surface area contributed by atoms with Gasteiger partial charge >= 0.3 is 0 Å². The van der Waals surface area contributed by atoms with E-state index >= 15 is 0 Å². The fraction of sp³-hybridized carbons (Fsp3) is 0.318. The van der Waals surface area contributed by atoms with Crippen molar-refractivity contribution in [3.05, 3.63) is 48.0 Å². The standard InChI is InChI=1S/C22H24N2O5S/c1-4-15(3)23-21-22(24-20(29-21)16-7-5-6-14(2)12-16)30(25,26)17-8-9-18-19(13-17)28-11-10-27-18/h5-9,12-13,15,23H,4,10-11H2,1-3H3. The first-order chi connectivity index (χ1) is 14.4. The van der Waals surface area contributed by atoms with E-state index in [1.165, 1.54) is 12.1 Å². The average Bonchev–Trinajstić information content (AvgIpc) is 3.18. The molecule has 0 spiro atoms. The normalized spacial score (nSPS) is 14.4. The molecule has 0 bridgehead atoms. The molecule has 1 atom stereocenters. The van der Waals surface area contributed by atoms with Gasteiger partial charge in [0.2, 0.25) is 26.6 Å². The summed E-state index contributed by atoms with van der Waals surface area (Å²) in [5, 5.41) is 3.00.